The largest absolute Gasteiger partial charge is 0.342 e. The lowest BCUT2D eigenvalue weighted by Crippen LogP contribution is -2.77. The molecule has 0 aliphatic heterocycles. The van der Waals surface area contributed by atoms with Crippen molar-refractivity contribution in [3.8, 4) is 0 Å². The fraction of sp³-hybridized carbons (Fsp3) is 0.444. The van der Waals surface area contributed by atoms with Gasteiger partial charge in [-0.2, -0.15) is 4.98 Å². The lowest BCUT2D eigenvalue weighted by Gasteiger charge is -2.72. The van der Waals surface area contributed by atoms with Crippen molar-refractivity contribution < 1.29 is 18.5 Å². The average Bonchev–Trinajstić information content (AvgIpc) is 2.97. The molecule has 3 saturated carbocycles. The van der Waals surface area contributed by atoms with E-state index in [2.05, 4.69) is 20.8 Å². The van der Waals surface area contributed by atoms with E-state index in [9.17, 15) is 14.0 Å². The first-order valence-electron chi connectivity index (χ1n) is 8.50. The zero-order valence-electron chi connectivity index (χ0n) is 14.5. The van der Waals surface area contributed by atoms with E-state index in [0.29, 0.717) is 11.5 Å². The Kier molecular flexibility index (Phi) is 3.61. The van der Waals surface area contributed by atoms with Gasteiger partial charge in [-0.3, -0.25) is 9.59 Å². The van der Waals surface area contributed by atoms with Gasteiger partial charge in [0.25, 0.3) is 0 Å². The van der Waals surface area contributed by atoms with Gasteiger partial charge in [0.2, 0.25) is 5.91 Å². The van der Waals surface area contributed by atoms with Crippen molar-refractivity contribution in [1.82, 2.24) is 15.5 Å². The van der Waals surface area contributed by atoms with Gasteiger partial charge < -0.3 is 15.2 Å². The number of hydrogen-bond donors (Lipinski definition) is 2. The molecule has 2 amide bonds. The van der Waals surface area contributed by atoms with Crippen LogP contribution in [0.15, 0.2) is 28.8 Å². The second-order valence-corrected chi connectivity index (χ2v) is 7.49. The molecule has 7 nitrogen and oxygen atoms in total. The van der Waals surface area contributed by atoms with Crippen molar-refractivity contribution in [2.24, 2.45) is 11.3 Å². The third-order valence-corrected chi connectivity index (χ3v) is 5.60. The van der Waals surface area contributed by atoms with E-state index in [1.54, 1.807) is 6.92 Å². The Balaban J connectivity index is 1.33. The van der Waals surface area contributed by atoms with Gasteiger partial charge >= 0.3 is 11.8 Å². The Morgan fingerprint density at radius 2 is 1.88 bits per heavy atom. The number of anilines is 1. The summed E-state index contributed by atoms with van der Waals surface area (Å²) in [5, 5.41) is 9.39. The molecule has 2 bridgehead atoms. The van der Waals surface area contributed by atoms with Crippen LogP contribution in [0.4, 0.5) is 10.1 Å². The van der Waals surface area contributed by atoms with Gasteiger partial charge in [0.15, 0.2) is 5.82 Å². The number of aryl methyl sites for hydroxylation is 1. The van der Waals surface area contributed by atoms with Crippen LogP contribution in [0.25, 0.3) is 0 Å². The van der Waals surface area contributed by atoms with Gasteiger partial charge in [0.05, 0.1) is 0 Å². The highest BCUT2D eigenvalue weighted by atomic mass is 19.1. The minimum atomic E-state index is -0.373. The van der Waals surface area contributed by atoms with Crippen LogP contribution in [0.2, 0.25) is 0 Å². The first-order chi connectivity index (χ1) is 12.3. The molecule has 1 aromatic carbocycles. The van der Waals surface area contributed by atoms with Crippen LogP contribution in [0, 0.1) is 24.1 Å². The highest BCUT2D eigenvalue weighted by Crippen LogP contribution is 2.70. The van der Waals surface area contributed by atoms with E-state index in [1.807, 2.05) is 6.92 Å². The number of nitrogens with zero attached hydrogens (tertiary/aromatic N) is 2. The third-order valence-electron chi connectivity index (χ3n) is 5.60. The minimum Gasteiger partial charge on any atom is -0.342 e. The summed E-state index contributed by atoms with van der Waals surface area (Å²) in [5.41, 5.74) is 0.205. The van der Waals surface area contributed by atoms with Gasteiger partial charge in [0.1, 0.15) is 5.82 Å². The maximum Gasteiger partial charge on any atom is 0.315 e. The zero-order valence-corrected chi connectivity index (χ0v) is 14.5. The van der Waals surface area contributed by atoms with Crippen LogP contribution < -0.4 is 10.6 Å². The lowest BCUT2D eigenvalue weighted by atomic mass is 9.36. The number of aromatic nitrogens is 2. The molecule has 0 saturated heterocycles. The van der Waals surface area contributed by atoms with Gasteiger partial charge in [0, 0.05) is 17.1 Å². The van der Waals surface area contributed by atoms with Crippen molar-refractivity contribution in [3.63, 3.8) is 0 Å². The Morgan fingerprint density at radius 3 is 2.46 bits per heavy atom. The Morgan fingerprint density at radius 1 is 1.23 bits per heavy atom. The Bertz CT molecular complexity index is 857. The van der Waals surface area contributed by atoms with Gasteiger partial charge in [-0.15, -0.1) is 0 Å². The van der Waals surface area contributed by atoms with Crippen molar-refractivity contribution >= 4 is 17.5 Å². The maximum absolute atomic E-state index is 13.0. The monoisotopic (exact) mass is 358 g/mol. The molecule has 3 aliphatic carbocycles. The molecule has 26 heavy (non-hydrogen) atoms. The number of rotatable bonds is 5. The van der Waals surface area contributed by atoms with Gasteiger partial charge in [-0.1, -0.05) is 12.1 Å². The molecule has 0 spiro atoms. The average molecular weight is 358 g/mol. The SMILES string of the molecule is Cc1noc(C(=O)NC23CC(C(C)C(=O)Nc4ccc(F)cc4)(C2)C3)n1. The molecule has 3 aliphatic rings. The standard InChI is InChI=1S/C18H19FN4O3/c1-10(14(24)21-13-5-3-12(19)4-6-13)17-7-18(8-17,9-17)22-15(25)16-20-11(2)23-26-16/h3-6,10H,7-9H2,1-2H3,(H,21,24)(H,22,25). The first-order valence-corrected chi connectivity index (χ1v) is 8.50. The molecular weight excluding hydrogens is 339 g/mol. The van der Waals surface area contributed by atoms with Crippen LogP contribution >= 0.6 is 0 Å². The summed E-state index contributed by atoms with van der Waals surface area (Å²) in [6, 6.07) is 5.70. The summed E-state index contributed by atoms with van der Waals surface area (Å²) < 4.78 is 17.8. The normalized spacial score (nSPS) is 27.0. The lowest BCUT2D eigenvalue weighted by molar-refractivity contribution is -0.184. The van der Waals surface area contributed by atoms with E-state index < -0.39 is 0 Å². The quantitative estimate of drug-likeness (QED) is 0.856. The second kappa shape index (κ2) is 5.62. The zero-order chi connectivity index (χ0) is 18.5. The molecule has 3 fully saturated rings. The number of amides is 2. The molecule has 136 valence electrons. The van der Waals surface area contributed by atoms with E-state index in [4.69, 9.17) is 4.52 Å². The highest BCUT2D eigenvalue weighted by molar-refractivity contribution is 5.94. The fourth-order valence-corrected chi connectivity index (χ4v) is 4.20. The topological polar surface area (TPSA) is 97.1 Å². The van der Waals surface area contributed by atoms with Crippen molar-refractivity contribution in [2.75, 3.05) is 5.32 Å². The van der Waals surface area contributed by atoms with Gasteiger partial charge in [-0.05, 0) is 55.9 Å². The number of hydrogen-bond acceptors (Lipinski definition) is 5. The van der Waals surface area contributed by atoms with Gasteiger partial charge in [-0.25, -0.2) is 4.39 Å². The van der Waals surface area contributed by atoms with E-state index in [-0.39, 0.29) is 40.4 Å². The molecule has 2 N–H and O–H groups in total. The van der Waals surface area contributed by atoms with Crippen LogP contribution in [0.5, 0.6) is 0 Å². The smallest absolute Gasteiger partial charge is 0.315 e. The summed E-state index contributed by atoms with van der Waals surface area (Å²) in [6.07, 6.45) is 2.24. The van der Waals surface area contributed by atoms with E-state index in [1.165, 1.54) is 24.3 Å². The Hall–Kier alpha value is -2.77. The molecule has 8 heteroatoms. The molecule has 1 aromatic heterocycles. The predicted molar refractivity (Wildman–Crippen MR) is 89.7 cm³/mol. The first kappa shape index (κ1) is 16.7. The predicted octanol–water partition coefficient (Wildman–Crippen LogP) is 2.44. The number of carbonyl (C=O) groups is 2. The number of benzene rings is 1. The summed E-state index contributed by atoms with van der Waals surface area (Å²) in [7, 11) is 0. The minimum absolute atomic E-state index is 0.0385. The van der Waals surface area contributed by atoms with E-state index >= 15 is 0 Å². The summed E-state index contributed by atoms with van der Waals surface area (Å²) in [4.78, 5) is 28.6. The van der Waals surface area contributed by atoms with E-state index in [0.717, 1.165) is 19.3 Å². The molecule has 5 rings (SSSR count). The summed E-state index contributed by atoms with van der Waals surface area (Å²) in [5.74, 6) is -0.633. The van der Waals surface area contributed by atoms with Crippen LogP contribution in [0.1, 0.15) is 42.7 Å². The molecule has 0 radical (unpaired) electrons. The summed E-state index contributed by atoms with van der Waals surface area (Å²) >= 11 is 0. The molecule has 1 heterocycles. The number of halogens is 1. The van der Waals surface area contributed by atoms with Crippen molar-refractivity contribution in [3.05, 3.63) is 41.8 Å². The van der Waals surface area contributed by atoms with Crippen LogP contribution in [0.3, 0.4) is 0 Å². The summed E-state index contributed by atoms with van der Waals surface area (Å²) in [6.45, 7) is 3.54. The molecular formula is C18H19FN4O3. The maximum atomic E-state index is 13.0. The number of nitrogens with one attached hydrogen (secondary N) is 2. The molecule has 1 unspecified atom stereocenters. The number of carbonyl (C=O) groups excluding carboxylic acids is 2. The fourth-order valence-electron chi connectivity index (χ4n) is 4.20. The molecule has 1 atom stereocenters. The Labute approximate surface area is 149 Å². The highest BCUT2D eigenvalue weighted by Gasteiger charge is 2.71. The molecule has 2 aromatic rings. The van der Waals surface area contributed by atoms with Crippen molar-refractivity contribution in [2.45, 2.75) is 38.6 Å². The van der Waals surface area contributed by atoms with Crippen molar-refractivity contribution in [1.29, 1.82) is 0 Å². The van der Waals surface area contributed by atoms with Crippen LogP contribution in [-0.4, -0.2) is 27.5 Å². The van der Waals surface area contributed by atoms with Crippen LogP contribution in [-0.2, 0) is 4.79 Å². The second-order valence-electron chi connectivity index (χ2n) is 7.49. The third kappa shape index (κ3) is 2.65.